The van der Waals surface area contributed by atoms with Crippen LogP contribution < -0.4 is 11.1 Å². The first-order chi connectivity index (χ1) is 8.60. The highest BCUT2D eigenvalue weighted by Gasteiger charge is 2.19. The summed E-state index contributed by atoms with van der Waals surface area (Å²) in [5, 5.41) is 11.7. The lowest BCUT2D eigenvalue weighted by Gasteiger charge is -2.26. The molecule has 1 amide bonds. The van der Waals surface area contributed by atoms with Gasteiger partial charge in [-0.3, -0.25) is 9.69 Å². The van der Waals surface area contributed by atoms with E-state index in [0.29, 0.717) is 24.5 Å². The van der Waals surface area contributed by atoms with Crippen LogP contribution in [0.3, 0.4) is 0 Å². The van der Waals surface area contributed by atoms with Crippen LogP contribution in [0.1, 0.15) is 13.8 Å². The number of likely N-dealkylation sites (N-methyl/N-ethyl adjacent to an activating group) is 1. The molecule has 0 heterocycles. The number of anilines is 2. The zero-order valence-corrected chi connectivity index (χ0v) is 10.9. The first kappa shape index (κ1) is 14.5. The SMILES string of the molecule is CCN(CCO)C(C)C(=O)Nc1ccccc1N. The zero-order chi connectivity index (χ0) is 13.5. The molecule has 0 aromatic heterocycles. The first-order valence-corrected chi connectivity index (χ1v) is 6.10. The number of aliphatic hydroxyl groups is 1. The van der Waals surface area contributed by atoms with Gasteiger partial charge >= 0.3 is 0 Å². The number of nitrogens with one attached hydrogen (secondary N) is 1. The molecular formula is C13H21N3O2. The van der Waals surface area contributed by atoms with E-state index in [4.69, 9.17) is 10.8 Å². The minimum absolute atomic E-state index is 0.0406. The van der Waals surface area contributed by atoms with Gasteiger partial charge in [0.1, 0.15) is 0 Å². The number of nitrogens with two attached hydrogens (primary N) is 1. The topological polar surface area (TPSA) is 78.6 Å². The predicted molar refractivity (Wildman–Crippen MR) is 73.3 cm³/mol. The van der Waals surface area contributed by atoms with E-state index in [9.17, 15) is 4.79 Å². The second-order valence-electron chi connectivity index (χ2n) is 4.10. The molecule has 0 saturated heterocycles. The van der Waals surface area contributed by atoms with Crippen molar-refractivity contribution in [1.29, 1.82) is 0 Å². The van der Waals surface area contributed by atoms with Crippen LogP contribution in [0.25, 0.3) is 0 Å². The van der Waals surface area contributed by atoms with Gasteiger partial charge in [-0.1, -0.05) is 19.1 Å². The molecule has 18 heavy (non-hydrogen) atoms. The summed E-state index contributed by atoms with van der Waals surface area (Å²) in [6, 6.07) is 6.84. The molecular weight excluding hydrogens is 230 g/mol. The van der Waals surface area contributed by atoms with Crippen molar-refractivity contribution >= 4 is 17.3 Å². The monoisotopic (exact) mass is 251 g/mol. The molecule has 0 saturated carbocycles. The van der Waals surface area contributed by atoms with Crippen LogP contribution in [-0.2, 0) is 4.79 Å². The summed E-state index contributed by atoms with van der Waals surface area (Å²) in [6.45, 7) is 5.00. The Kier molecular flexibility index (Phi) is 5.61. The molecule has 0 fully saturated rings. The van der Waals surface area contributed by atoms with E-state index in [1.54, 1.807) is 12.1 Å². The summed E-state index contributed by atoms with van der Waals surface area (Å²) in [4.78, 5) is 13.9. The Bertz CT molecular complexity index is 396. The average molecular weight is 251 g/mol. The minimum atomic E-state index is -0.304. The molecule has 1 aromatic carbocycles. The number of benzene rings is 1. The van der Waals surface area contributed by atoms with Gasteiger partial charge < -0.3 is 16.2 Å². The fourth-order valence-corrected chi connectivity index (χ4v) is 1.77. The van der Waals surface area contributed by atoms with Crippen molar-refractivity contribution in [2.75, 3.05) is 30.7 Å². The Morgan fingerprint density at radius 1 is 1.50 bits per heavy atom. The second kappa shape index (κ2) is 6.98. The lowest BCUT2D eigenvalue weighted by atomic mass is 10.2. The number of carbonyl (C=O) groups excluding carboxylic acids is 1. The van der Waals surface area contributed by atoms with Crippen molar-refractivity contribution in [1.82, 2.24) is 4.90 Å². The average Bonchev–Trinajstić information content (AvgIpc) is 2.37. The lowest BCUT2D eigenvalue weighted by molar-refractivity contribution is -0.120. The van der Waals surface area contributed by atoms with Crippen LogP contribution in [0, 0.1) is 0 Å². The van der Waals surface area contributed by atoms with Gasteiger partial charge in [0.2, 0.25) is 5.91 Å². The Hall–Kier alpha value is -1.59. The van der Waals surface area contributed by atoms with Crippen molar-refractivity contribution < 1.29 is 9.90 Å². The summed E-state index contributed by atoms with van der Waals surface area (Å²) in [5.41, 5.74) is 6.93. The van der Waals surface area contributed by atoms with Crippen molar-refractivity contribution in [2.45, 2.75) is 19.9 Å². The van der Waals surface area contributed by atoms with Crippen molar-refractivity contribution in [2.24, 2.45) is 0 Å². The second-order valence-corrected chi connectivity index (χ2v) is 4.10. The highest BCUT2D eigenvalue weighted by Crippen LogP contribution is 2.17. The predicted octanol–water partition coefficient (Wildman–Crippen LogP) is 0.910. The fraction of sp³-hybridized carbons (Fsp3) is 0.462. The maximum absolute atomic E-state index is 12.0. The molecule has 5 nitrogen and oxygen atoms in total. The number of rotatable bonds is 6. The molecule has 0 aliphatic carbocycles. The number of carbonyl (C=O) groups is 1. The molecule has 0 radical (unpaired) electrons. The maximum Gasteiger partial charge on any atom is 0.241 e. The van der Waals surface area contributed by atoms with Gasteiger partial charge in [-0.2, -0.15) is 0 Å². The number of para-hydroxylation sites is 2. The lowest BCUT2D eigenvalue weighted by Crippen LogP contribution is -2.43. The van der Waals surface area contributed by atoms with Crippen LogP contribution >= 0.6 is 0 Å². The maximum atomic E-state index is 12.0. The summed E-state index contributed by atoms with van der Waals surface area (Å²) in [6.07, 6.45) is 0. The molecule has 0 aliphatic rings. The van der Waals surface area contributed by atoms with Crippen molar-refractivity contribution in [3.63, 3.8) is 0 Å². The van der Waals surface area contributed by atoms with Gasteiger partial charge in [-0.15, -0.1) is 0 Å². The van der Waals surface area contributed by atoms with Gasteiger partial charge in [0.05, 0.1) is 24.0 Å². The molecule has 1 atom stereocenters. The van der Waals surface area contributed by atoms with E-state index >= 15 is 0 Å². The van der Waals surface area contributed by atoms with E-state index in [2.05, 4.69) is 5.32 Å². The molecule has 100 valence electrons. The Balaban J connectivity index is 2.67. The van der Waals surface area contributed by atoms with E-state index in [0.717, 1.165) is 0 Å². The minimum Gasteiger partial charge on any atom is -0.397 e. The third kappa shape index (κ3) is 3.72. The van der Waals surface area contributed by atoms with Crippen LogP contribution in [-0.4, -0.2) is 41.7 Å². The molecule has 1 rings (SSSR count). The first-order valence-electron chi connectivity index (χ1n) is 6.10. The molecule has 0 aliphatic heterocycles. The molecule has 5 heteroatoms. The van der Waals surface area contributed by atoms with Crippen LogP contribution in [0.4, 0.5) is 11.4 Å². The number of hydrogen-bond donors (Lipinski definition) is 3. The molecule has 4 N–H and O–H groups in total. The van der Waals surface area contributed by atoms with E-state index in [-0.39, 0.29) is 18.6 Å². The van der Waals surface area contributed by atoms with Crippen LogP contribution in [0.2, 0.25) is 0 Å². The molecule has 1 aromatic rings. The summed E-state index contributed by atoms with van der Waals surface area (Å²) < 4.78 is 0. The number of nitrogens with zero attached hydrogens (tertiary/aromatic N) is 1. The Labute approximate surface area is 108 Å². The third-order valence-corrected chi connectivity index (χ3v) is 2.94. The number of aliphatic hydroxyl groups excluding tert-OH is 1. The van der Waals surface area contributed by atoms with E-state index < -0.39 is 0 Å². The number of nitrogen functional groups attached to an aromatic ring is 1. The summed E-state index contributed by atoms with van der Waals surface area (Å²) in [7, 11) is 0. The summed E-state index contributed by atoms with van der Waals surface area (Å²) in [5.74, 6) is -0.122. The number of amides is 1. The Morgan fingerprint density at radius 2 is 2.17 bits per heavy atom. The highest BCUT2D eigenvalue weighted by molar-refractivity contribution is 5.97. The van der Waals surface area contributed by atoms with Crippen molar-refractivity contribution in [3.05, 3.63) is 24.3 Å². The van der Waals surface area contributed by atoms with Gasteiger partial charge in [0, 0.05) is 6.54 Å². The van der Waals surface area contributed by atoms with Crippen LogP contribution in [0.5, 0.6) is 0 Å². The zero-order valence-electron chi connectivity index (χ0n) is 10.9. The molecule has 0 bridgehead atoms. The van der Waals surface area contributed by atoms with Gasteiger partial charge in [-0.25, -0.2) is 0 Å². The van der Waals surface area contributed by atoms with E-state index in [1.165, 1.54) is 0 Å². The number of hydrogen-bond acceptors (Lipinski definition) is 4. The van der Waals surface area contributed by atoms with Crippen molar-refractivity contribution in [3.8, 4) is 0 Å². The Morgan fingerprint density at radius 3 is 2.72 bits per heavy atom. The fourth-order valence-electron chi connectivity index (χ4n) is 1.77. The van der Waals surface area contributed by atoms with Crippen LogP contribution in [0.15, 0.2) is 24.3 Å². The summed E-state index contributed by atoms with van der Waals surface area (Å²) >= 11 is 0. The standard InChI is InChI=1S/C13H21N3O2/c1-3-16(8-9-17)10(2)13(18)15-12-7-5-4-6-11(12)14/h4-7,10,17H,3,8-9,14H2,1-2H3,(H,15,18). The van der Waals surface area contributed by atoms with Gasteiger partial charge in [0.15, 0.2) is 0 Å². The third-order valence-electron chi connectivity index (χ3n) is 2.94. The van der Waals surface area contributed by atoms with Gasteiger partial charge in [-0.05, 0) is 25.6 Å². The highest BCUT2D eigenvalue weighted by atomic mass is 16.3. The van der Waals surface area contributed by atoms with E-state index in [1.807, 2.05) is 30.9 Å². The largest absolute Gasteiger partial charge is 0.397 e. The molecule has 1 unspecified atom stereocenters. The normalized spacial score (nSPS) is 12.4. The molecule has 0 spiro atoms. The smallest absolute Gasteiger partial charge is 0.241 e. The van der Waals surface area contributed by atoms with Gasteiger partial charge in [0.25, 0.3) is 0 Å². The quantitative estimate of drug-likeness (QED) is 0.657.